The van der Waals surface area contributed by atoms with Gasteiger partial charge in [0.05, 0.1) is 23.1 Å². The van der Waals surface area contributed by atoms with Crippen LogP contribution in [0.5, 0.6) is 0 Å². The van der Waals surface area contributed by atoms with Crippen molar-refractivity contribution in [2.24, 2.45) is 5.73 Å². The van der Waals surface area contributed by atoms with Crippen LogP contribution in [0.15, 0.2) is 30.5 Å². The Labute approximate surface area is 141 Å². The van der Waals surface area contributed by atoms with Crippen molar-refractivity contribution < 1.29 is 4.79 Å². The number of nitrogens with zero attached hydrogens (tertiary/aromatic N) is 3. The van der Waals surface area contributed by atoms with E-state index in [1.54, 1.807) is 10.9 Å². The molecule has 0 spiro atoms. The van der Waals surface area contributed by atoms with Crippen molar-refractivity contribution in [1.29, 1.82) is 0 Å². The molecule has 0 aliphatic carbocycles. The zero-order valence-electron chi connectivity index (χ0n) is 13.4. The number of rotatable bonds is 3. The molecule has 6 heteroatoms. The van der Waals surface area contributed by atoms with Gasteiger partial charge in [0.2, 0.25) is 0 Å². The highest BCUT2D eigenvalue weighted by molar-refractivity contribution is 6.30. The van der Waals surface area contributed by atoms with Crippen LogP contribution in [0.1, 0.15) is 42.2 Å². The number of nitrogens with two attached hydrogens (primary N) is 1. The quantitative estimate of drug-likeness (QED) is 0.940. The first-order valence-electron chi connectivity index (χ1n) is 7.86. The highest BCUT2D eigenvalue weighted by atomic mass is 35.5. The van der Waals surface area contributed by atoms with Crippen LogP contribution in [0.4, 0.5) is 0 Å². The van der Waals surface area contributed by atoms with Crippen LogP contribution in [0, 0.1) is 0 Å². The van der Waals surface area contributed by atoms with Crippen molar-refractivity contribution in [3.63, 3.8) is 0 Å². The van der Waals surface area contributed by atoms with E-state index in [0.717, 1.165) is 17.8 Å². The van der Waals surface area contributed by atoms with Crippen molar-refractivity contribution in [2.75, 3.05) is 13.1 Å². The molecular weight excluding hydrogens is 312 g/mol. The summed E-state index contributed by atoms with van der Waals surface area (Å²) in [7, 11) is 0. The highest BCUT2D eigenvalue weighted by Gasteiger charge is 2.29. The molecule has 5 nitrogen and oxygen atoms in total. The second kappa shape index (κ2) is 6.34. The van der Waals surface area contributed by atoms with E-state index in [-0.39, 0.29) is 17.9 Å². The summed E-state index contributed by atoms with van der Waals surface area (Å²) in [5, 5.41) is 5.08. The zero-order valence-corrected chi connectivity index (χ0v) is 14.1. The molecule has 2 aromatic rings. The lowest BCUT2D eigenvalue weighted by atomic mass is 10.0. The third kappa shape index (κ3) is 3.12. The molecule has 1 aromatic heterocycles. The summed E-state index contributed by atoms with van der Waals surface area (Å²) >= 11 is 6.09. The van der Waals surface area contributed by atoms with Crippen molar-refractivity contribution in [3.05, 3.63) is 46.7 Å². The van der Waals surface area contributed by atoms with E-state index in [9.17, 15) is 4.79 Å². The van der Waals surface area contributed by atoms with Crippen molar-refractivity contribution in [1.82, 2.24) is 14.7 Å². The first kappa shape index (κ1) is 16.0. The van der Waals surface area contributed by atoms with Gasteiger partial charge in [-0.15, -0.1) is 0 Å². The fourth-order valence-electron chi connectivity index (χ4n) is 3.03. The molecule has 23 heavy (non-hydrogen) atoms. The first-order chi connectivity index (χ1) is 11.0. The van der Waals surface area contributed by atoms with Crippen LogP contribution >= 0.6 is 11.6 Å². The van der Waals surface area contributed by atoms with E-state index in [2.05, 4.69) is 18.9 Å². The fourth-order valence-corrected chi connectivity index (χ4v) is 3.22. The van der Waals surface area contributed by atoms with Gasteiger partial charge in [0.1, 0.15) is 0 Å². The van der Waals surface area contributed by atoms with Gasteiger partial charge in [-0.2, -0.15) is 5.10 Å². The topological polar surface area (TPSA) is 64.2 Å². The third-order valence-electron chi connectivity index (χ3n) is 4.15. The van der Waals surface area contributed by atoms with Gasteiger partial charge in [-0.05, 0) is 30.5 Å². The Kier molecular flexibility index (Phi) is 4.41. The van der Waals surface area contributed by atoms with Crippen LogP contribution in [0.3, 0.4) is 0 Å². The molecule has 1 saturated heterocycles. The second-order valence-electron chi connectivity index (χ2n) is 6.29. The van der Waals surface area contributed by atoms with Crippen LogP contribution in [-0.4, -0.2) is 39.7 Å². The first-order valence-corrected chi connectivity index (χ1v) is 8.24. The maximum Gasteiger partial charge on any atom is 0.257 e. The van der Waals surface area contributed by atoms with Crippen LogP contribution in [-0.2, 0) is 0 Å². The minimum absolute atomic E-state index is 0.00919. The summed E-state index contributed by atoms with van der Waals surface area (Å²) in [6.45, 7) is 5.44. The largest absolute Gasteiger partial charge is 0.337 e. The number of halogens is 1. The maximum atomic E-state index is 12.8. The average Bonchev–Trinajstić information content (AvgIpc) is 3.12. The summed E-state index contributed by atoms with van der Waals surface area (Å²) in [5.41, 5.74) is 8.33. The van der Waals surface area contributed by atoms with Gasteiger partial charge in [-0.25, -0.2) is 4.68 Å². The molecule has 1 fully saturated rings. The number of carbonyl (C=O) groups is 1. The lowest BCUT2D eigenvalue weighted by Crippen LogP contribution is -2.32. The Hall–Kier alpha value is -1.85. The number of likely N-dealkylation sites (tertiary alicyclic amines) is 1. The summed E-state index contributed by atoms with van der Waals surface area (Å²) in [4.78, 5) is 14.6. The van der Waals surface area contributed by atoms with Gasteiger partial charge in [0.25, 0.3) is 5.91 Å². The third-order valence-corrected chi connectivity index (χ3v) is 4.38. The van der Waals surface area contributed by atoms with Crippen LogP contribution in [0.25, 0.3) is 5.69 Å². The van der Waals surface area contributed by atoms with E-state index in [0.29, 0.717) is 23.7 Å². The molecule has 0 saturated carbocycles. The van der Waals surface area contributed by atoms with Gasteiger partial charge in [-0.1, -0.05) is 31.5 Å². The summed E-state index contributed by atoms with van der Waals surface area (Å²) in [6.07, 6.45) is 2.51. The van der Waals surface area contributed by atoms with Gasteiger partial charge in [0.15, 0.2) is 0 Å². The Morgan fingerprint density at radius 1 is 1.43 bits per heavy atom. The van der Waals surface area contributed by atoms with Gasteiger partial charge >= 0.3 is 0 Å². The standard InChI is InChI=1S/C17H21ClN4O/c1-11(2)16-15(17(23)21-7-6-13(19)10-21)9-20-22(16)14-5-3-4-12(18)8-14/h3-5,8-9,11,13H,6-7,10,19H2,1-2H3/t13-/m1/s1. The molecule has 1 atom stereocenters. The number of hydrogen-bond donors (Lipinski definition) is 1. The zero-order chi connectivity index (χ0) is 16.6. The minimum atomic E-state index is 0.00919. The Morgan fingerprint density at radius 2 is 2.22 bits per heavy atom. The smallest absolute Gasteiger partial charge is 0.257 e. The van der Waals surface area contributed by atoms with Crippen LogP contribution < -0.4 is 5.73 Å². The van der Waals surface area contributed by atoms with E-state index in [1.807, 2.05) is 29.2 Å². The van der Waals surface area contributed by atoms with Crippen molar-refractivity contribution in [3.8, 4) is 5.69 Å². The summed E-state index contributed by atoms with van der Waals surface area (Å²) < 4.78 is 1.81. The molecule has 0 radical (unpaired) electrons. The number of carbonyl (C=O) groups excluding carboxylic acids is 1. The Bertz CT molecular complexity index is 725. The van der Waals surface area contributed by atoms with Crippen LogP contribution in [0.2, 0.25) is 5.02 Å². The van der Waals surface area contributed by atoms with Gasteiger partial charge in [-0.3, -0.25) is 4.79 Å². The SMILES string of the molecule is CC(C)c1c(C(=O)N2CC[C@@H](N)C2)cnn1-c1cccc(Cl)c1. The van der Waals surface area contributed by atoms with Crippen molar-refractivity contribution in [2.45, 2.75) is 32.2 Å². The molecular formula is C17H21ClN4O. The maximum absolute atomic E-state index is 12.8. The predicted molar refractivity (Wildman–Crippen MR) is 91.2 cm³/mol. The summed E-state index contributed by atoms with van der Waals surface area (Å²) in [5.74, 6) is 0.168. The molecule has 2 N–H and O–H groups in total. The monoisotopic (exact) mass is 332 g/mol. The molecule has 1 amide bonds. The van der Waals surface area contributed by atoms with E-state index in [4.69, 9.17) is 17.3 Å². The fraction of sp³-hybridized carbons (Fsp3) is 0.412. The Balaban J connectivity index is 2.01. The molecule has 1 aliphatic rings. The normalized spacial score (nSPS) is 18.0. The predicted octanol–water partition coefficient (Wildman–Crippen LogP) is 2.82. The van der Waals surface area contributed by atoms with E-state index >= 15 is 0 Å². The lowest BCUT2D eigenvalue weighted by molar-refractivity contribution is 0.0789. The van der Waals surface area contributed by atoms with E-state index < -0.39 is 0 Å². The summed E-state index contributed by atoms with van der Waals surface area (Å²) in [6, 6.07) is 7.56. The van der Waals surface area contributed by atoms with Crippen molar-refractivity contribution >= 4 is 17.5 Å². The second-order valence-corrected chi connectivity index (χ2v) is 6.73. The number of aromatic nitrogens is 2. The molecule has 1 aliphatic heterocycles. The molecule has 0 bridgehead atoms. The van der Waals surface area contributed by atoms with E-state index in [1.165, 1.54) is 0 Å². The number of amides is 1. The molecule has 2 heterocycles. The number of benzene rings is 1. The Morgan fingerprint density at radius 3 is 2.83 bits per heavy atom. The molecule has 0 unspecified atom stereocenters. The molecule has 1 aromatic carbocycles. The number of hydrogen-bond acceptors (Lipinski definition) is 3. The average molecular weight is 333 g/mol. The molecule has 122 valence electrons. The highest BCUT2D eigenvalue weighted by Crippen LogP contribution is 2.26. The van der Waals surface area contributed by atoms with Gasteiger partial charge < -0.3 is 10.6 Å². The molecule has 3 rings (SSSR count). The minimum Gasteiger partial charge on any atom is -0.337 e. The lowest BCUT2D eigenvalue weighted by Gasteiger charge is -2.18. The van der Waals surface area contributed by atoms with Gasteiger partial charge in [0, 0.05) is 24.2 Å².